The van der Waals surface area contributed by atoms with E-state index in [1.165, 1.54) is 19.3 Å². The van der Waals surface area contributed by atoms with Crippen molar-refractivity contribution in [1.82, 2.24) is 4.98 Å². The molecule has 1 aromatic heterocycles. The molecular formula is C27H36N2O3. The van der Waals surface area contributed by atoms with E-state index in [4.69, 9.17) is 9.47 Å². The maximum absolute atomic E-state index is 12.8. The van der Waals surface area contributed by atoms with Gasteiger partial charge in [-0.15, -0.1) is 0 Å². The van der Waals surface area contributed by atoms with Crippen molar-refractivity contribution in [3.8, 4) is 16.9 Å². The van der Waals surface area contributed by atoms with E-state index in [0.717, 1.165) is 72.2 Å². The number of anilines is 1. The van der Waals surface area contributed by atoms with Crippen LogP contribution >= 0.6 is 0 Å². The summed E-state index contributed by atoms with van der Waals surface area (Å²) in [4.78, 5) is 17.2. The summed E-state index contributed by atoms with van der Waals surface area (Å²) < 4.78 is 12.1. The second-order valence-electron chi connectivity index (χ2n) is 9.16. The smallest absolute Gasteiger partial charge is 0.227 e. The number of amides is 1. The Balaban J connectivity index is 1.60. The van der Waals surface area contributed by atoms with Crippen LogP contribution in [0.25, 0.3) is 11.1 Å². The highest BCUT2D eigenvalue weighted by Crippen LogP contribution is 2.34. The van der Waals surface area contributed by atoms with E-state index in [0.29, 0.717) is 19.3 Å². The average molecular weight is 437 g/mol. The predicted molar refractivity (Wildman–Crippen MR) is 128 cm³/mol. The van der Waals surface area contributed by atoms with E-state index < -0.39 is 0 Å². The second-order valence-corrected chi connectivity index (χ2v) is 9.16. The van der Waals surface area contributed by atoms with Crippen LogP contribution < -0.4 is 10.1 Å². The summed E-state index contributed by atoms with van der Waals surface area (Å²) in [7, 11) is 0. The fourth-order valence-electron chi connectivity index (χ4n) is 5.00. The minimum atomic E-state index is 0.135. The summed E-state index contributed by atoms with van der Waals surface area (Å²) in [5, 5.41) is 3.17. The van der Waals surface area contributed by atoms with E-state index in [1.54, 1.807) is 6.20 Å². The number of hydrogen-bond acceptors (Lipinski definition) is 4. The first-order valence-electron chi connectivity index (χ1n) is 12.3. The maximum Gasteiger partial charge on any atom is 0.227 e. The fourth-order valence-corrected chi connectivity index (χ4v) is 5.00. The normalized spacial score (nSPS) is 17.4. The van der Waals surface area contributed by atoms with Gasteiger partial charge >= 0.3 is 0 Å². The lowest BCUT2D eigenvalue weighted by Crippen LogP contribution is -2.24. The summed E-state index contributed by atoms with van der Waals surface area (Å²) in [5.74, 6) is 1.09. The van der Waals surface area contributed by atoms with Crippen LogP contribution in [-0.2, 0) is 16.1 Å². The van der Waals surface area contributed by atoms with Gasteiger partial charge in [-0.2, -0.15) is 0 Å². The van der Waals surface area contributed by atoms with Gasteiger partial charge in [0.15, 0.2) is 0 Å². The summed E-state index contributed by atoms with van der Waals surface area (Å²) in [6.07, 6.45) is 14.3. The Morgan fingerprint density at radius 2 is 1.78 bits per heavy atom. The van der Waals surface area contributed by atoms with Crippen molar-refractivity contribution in [3.63, 3.8) is 0 Å². The van der Waals surface area contributed by atoms with Gasteiger partial charge in [-0.25, -0.2) is 0 Å². The number of pyridine rings is 1. The monoisotopic (exact) mass is 436 g/mol. The quantitative estimate of drug-likeness (QED) is 0.518. The van der Waals surface area contributed by atoms with Crippen LogP contribution in [0.15, 0.2) is 30.6 Å². The lowest BCUT2D eigenvalue weighted by atomic mass is 9.88. The van der Waals surface area contributed by atoms with Gasteiger partial charge in [0, 0.05) is 28.9 Å². The molecule has 0 bridgehead atoms. The van der Waals surface area contributed by atoms with Crippen molar-refractivity contribution < 1.29 is 14.3 Å². The minimum Gasteiger partial charge on any atom is -0.492 e. The van der Waals surface area contributed by atoms with Crippen molar-refractivity contribution in [2.75, 3.05) is 11.9 Å². The Kier molecular flexibility index (Phi) is 7.80. The molecule has 0 atom stereocenters. The van der Waals surface area contributed by atoms with Gasteiger partial charge < -0.3 is 14.8 Å². The number of nitrogens with zero attached hydrogens (tertiary/aromatic N) is 1. The van der Waals surface area contributed by atoms with E-state index in [9.17, 15) is 4.79 Å². The van der Waals surface area contributed by atoms with Gasteiger partial charge in [-0.1, -0.05) is 38.2 Å². The van der Waals surface area contributed by atoms with Gasteiger partial charge in [0.2, 0.25) is 5.91 Å². The summed E-state index contributed by atoms with van der Waals surface area (Å²) in [6, 6.07) is 6.17. The number of benzene rings is 1. The summed E-state index contributed by atoms with van der Waals surface area (Å²) in [5.41, 5.74) is 5.14. The van der Waals surface area contributed by atoms with Crippen LogP contribution in [0, 0.1) is 12.8 Å². The molecule has 1 aromatic carbocycles. The first-order valence-corrected chi connectivity index (χ1v) is 12.3. The van der Waals surface area contributed by atoms with Gasteiger partial charge in [0.25, 0.3) is 0 Å². The molecule has 0 spiro atoms. The van der Waals surface area contributed by atoms with Crippen molar-refractivity contribution in [2.24, 2.45) is 5.92 Å². The SMILES string of the molecule is CCOc1cncc(-c2ccc(NC(=O)C3CCCCC3)cc2COC2CCCC2)c1C. The Bertz CT molecular complexity index is 915. The molecule has 1 amide bonds. The first kappa shape index (κ1) is 22.8. The molecular weight excluding hydrogens is 400 g/mol. The van der Waals surface area contributed by atoms with Crippen LogP contribution in [0.4, 0.5) is 5.69 Å². The standard InChI is InChI=1S/C27H36N2O3/c1-3-31-26-17-28-16-25(19(26)2)24-14-13-22(29-27(30)20-9-5-4-6-10-20)15-21(24)18-32-23-11-7-8-12-23/h13-17,20,23H,3-12,18H2,1-2H3,(H,29,30). The highest BCUT2D eigenvalue weighted by Gasteiger charge is 2.22. The molecule has 1 N–H and O–H groups in total. The Hall–Kier alpha value is -2.40. The van der Waals surface area contributed by atoms with Crippen molar-refractivity contribution in [3.05, 3.63) is 41.7 Å². The van der Waals surface area contributed by atoms with E-state index in [1.807, 2.05) is 19.2 Å². The molecule has 2 aliphatic carbocycles. The van der Waals surface area contributed by atoms with Gasteiger partial charge in [0.05, 0.1) is 25.5 Å². The molecule has 172 valence electrons. The van der Waals surface area contributed by atoms with Crippen LogP contribution in [0.5, 0.6) is 5.75 Å². The Morgan fingerprint density at radius 1 is 1.03 bits per heavy atom. The molecule has 5 nitrogen and oxygen atoms in total. The molecule has 4 rings (SSSR count). The van der Waals surface area contributed by atoms with Crippen LogP contribution in [0.3, 0.4) is 0 Å². The largest absolute Gasteiger partial charge is 0.492 e. The molecule has 0 unspecified atom stereocenters. The topological polar surface area (TPSA) is 60.5 Å². The Morgan fingerprint density at radius 3 is 2.53 bits per heavy atom. The van der Waals surface area contributed by atoms with Crippen molar-refractivity contribution in [2.45, 2.75) is 84.3 Å². The number of ether oxygens (including phenoxy) is 2. The molecule has 1 heterocycles. The lowest BCUT2D eigenvalue weighted by Gasteiger charge is -2.22. The molecule has 2 fully saturated rings. The lowest BCUT2D eigenvalue weighted by molar-refractivity contribution is -0.120. The zero-order chi connectivity index (χ0) is 22.3. The fraction of sp³-hybridized carbons (Fsp3) is 0.556. The second kappa shape index (κ2) is 11.0. The number of rotatable bonds is 8. The van der Waals surface area contributed by atoms with Crippen LogP contribution in [-0.4, -0.2) is 23.6 Å². The van der Waals surface area contributed by atoms with Gasteiger partial charge in [0.1, 0.15) is 5.75 Å². The van der Waals surface area contributed by atoms with E-state index in [-0.39, 0.29) is 11.8 Å². The summed E-state index contributed by atoms with van der Waals surface area (Å²) >= 11 is 0. The molecule has 32 heavy (non-hydrogen) atoms. The van der Waals surface area contributed by atoms with Crippen LogP contribution in [0.1, 0.15) is 75.8 Å². The van der Waals surface area contributed by atoms with Gasteiger partial charge in [-0.3, -0.25) is 9.78 Å². The molecule has 0 radical (unpaired) electrons. The molecule has 0 saturated heterocycles. The number of nitrogens with one attached hydrogen (secondary N) is 1. The highest BCUT2D eigenvalue weighted by molar-refractivity contribution is 5.93. The number of hydrogen-bond donors (Lipinski definition) is 1. The number of aromatic nitrogens is 1. The molecule has 2 aromatic rings. The van der Waals surface area contributed by atoms with E-state index >= 15 is 0 Å². The first-order chi connectivity index (χ1) is 15.7. The zero-order valence-corrected chi connectivity index (χ0v) is 19.5. The third-order valence-corrected chi connectivity index (χ3v) is 6.88. The van der Waals surface area contributed by atoms with Crippen molar-refractivity contribution in [1.29, 1.82) is 0 Å². The van der Waals surface area contributed by atoms with E-state index in [2.05, 4.69) is 29.4 Å². The third-order valence-electron chi connectivity index (χ3n) is 6.88. The van der Waals surface area contributed by atoms with Crippen molar-refractivity contribution >= 4 is 11.6 Å². The zero-order valence-electron chi connectivity index (χ0n) is 19.5. The number of carbonyl (C=O) groups excluding carboxylic acids is 1. The predicted octanol–water partition coefficient (Wildman–Crippen LogP) is 6.43. The summed E-state index contributed by atoms with van der Waals surface area (Å²) in [6.45, 7) is 5.19. The molecule has 2 aliphatic rings. The molecule has 5 heteroatoms. The van der Waals surface area contributed by atoms with Gasteiger partial charge in [-0.05, 0) is 62.8 Å². The maximum atomic E-state index is 12.8. The Labute approximate surface area is 191 Å². The average Bonchev–Trinajstić information content (AvgIpc) is 3.34. The third kappa shape index (κ3) is 5.50. The highest BCUT2D eigenvalue weighted by atomic mass is 16.5. The van der Waals surface area contributed by atoms with Crippen LogP contribution in [0.2, 0.25) is 0 Å². The number of carbonyl (C=O) groups is 1. The molecule has 2 saturated carbocycles. The minimum absolute atomic E-state index is 0.135. The molecule has 0 aliphatic heterocycles.